The molecule has 17 nitrogen and oxygen atoms in total. The van der Waals surface area contributed by atoms with Gasteiger partial charge in [-0.1, -0.05) is 31.6 Å². The van der Waals surface area contributed by atoms with Gasteiger partial charge in [0.15, 0.2) is 6.23 Å². The summed E-state index contributed by atoms with van der Waals surface area (Å²) in [5, 5.41) is 26.0. The van der Waals surface area contributed by atoms with Crippen LogP contribution in [0.5, 0.6) is 5.75 Å². The molecule has 0 saturated carbocycles. The number of carbonyl (C=O) groups is 1. The number of rotatable bonds is 12. The van der Waals surface area contributed by atoms with E-state index in [1.54, 1.807) is 18.2 Å². The molecule has 65 heavy (non-hydrogen) atoms. The second-order valence-electron chi connectivity index (χ2n) is 18.1. The highest BCUT2D eigenvalue weighted by Crippen LogP contribution is 2.43. The number of fused-ring (bicyclic) bond motifs is 2. The standard InChI is InChI=1S/C47H56N8O9S/c1-47(2)14-12-33(39(27-47)31-4-7-35(56)8-5-31)29-52-17-19-53(20-18-52)34-6-10-38(41(25-34)54-16-3-21-64-46-43(54)24-32-13-15-48-44(32)50-46)45(57)51-65(60,61)37-9-11-40(42(26-37)55(58)59)49-28-36-30-62-22-23-63-36/h4-11,13,15,24-26,36,43,46,49,56H,3,12,14,16-23,27-30H2,1-2H3,(H,48,50)(H,51,57)/t36-,43?,46?/m0/s1. The van der Waals surface area contributed by atoms with Crippen molar-refractivity contribution in [1.82, 2.24) is 14.6 Å². The Balaban J connectivity index is 0.978. The van der Waals surface area contributed by atoms with Gasteiger partial charge >= 0.3 is 0 Å². The summed E-state index contributed by atoms with van der Waals surface area (Å²) in [6.45, 7) is 11.0. The molecule has 1 amide bonds. The van der Waals surface area contributed by atoms with E-state index in [0.717, 1.165) is 74.5 Å². The van der Waals surface area contributed by atoms with Gasteiger partial charge in [-0.2, -0.15) is 0 Å². The van der Waals surface area contributed by atoms with E-state index in [0.29, 0.717) is 50.6 Å². The minimum absolute atomic E-state index is 0.111. The summed E-state index contributed by atoms with van der Waals surface area (Å²) >= 11 is 0. The maximum Gasteiger partial charge on any atom is 0.293 e. The number of aromatic nitrogens is 1. The molecule has 3 aromatic carbocycles. The van der Waals surface area contributed by atoms with Gasteiger partial charge in [-0.25, -0.2) is 18.1 Å². The van der Waals surface area contributed by atoms with Gasteiger partial charge in [0.1, 0.15) is 16.9 Å². The summed E-state index contributed by atoms with van der Waals surface area (Å²) in [5.41, 5.74) is 6.06. The smallest absolute Gasteiger partial charge is 0.293 e. The maximum absolute atomic E-state index is 14.4. The zero-order chi connectivity index (χ0) is 45.3. The first-order valence-corrected chi connectivity index (χ1v) is 23.8. The van der Waals surface area contributed by atoms with Crippen LogP contribution in [-0.4, -0.2) is 125 Å². The lowest BCUT2D eigenvalue weighted by molar-refractivity contribution is -0.384. The van der Waals surface area contributed by atoms with E-state index in [2.05, 4.69) is 49.6 Å². The molecule has 0 spiro atoms. The molecule has 3 atom stereocenters. The van der Waals surface area contributed by atoms with E-state index >= 15 is 0 Å². The van der Waals surface area contributed by atoms with Crippen molar-refractivity contribution in [3.05, 3.63) is 110 Å². The first-order chi connectivity index (χ1) is 31.3. The van der Waals surface area contributed by atoms with Crippen LogP contribution in [0.4, 0.5) is 22.7 Å². The Labute approximate surface area is 378 Å². The second-order valence-corrected chi connectivity index (χ2v) is 19.8. The highest BCUT2D eigenvalue weighted by molar-refractivity contribution is 7.90. The van der Waals surface area contributed by atoms with Crippen LogP contribution in [0, 0.1) is 15.5 Å². The van der Waals surface area contributed by atoms with Crippen LogP contribution in [0.25, 0.3) is 11.6 Å². The van der Waals surface area contributed by atoms with E-state index in [9.17, 15) is 28.4 Å². The van der Waals surface area contributed by atoms with Gasteiger partial charge in [-0.15, -0.1) is 0 Å². The number of phenolic OH excluding ortho intramolecular Hbond substituents is 1. The molecule has 1 aliphatic carbocycles. The van der Waals surface area contributed by atoms with Crippen molar-refractivity contribution in [1.29, 1.82) is 0 Å². The number of anilines is 3. The van der Waals surface area contributed by atoms with E-state index in [4.69, 9.17) is 19.2 Å². The minimum atomic E-state index is -4.59. The maximum atomic E-state index is 14.4. The normalized spacial score (nSPS) is 22.5. The molecule has 4 aliphatic heterocycles. The van der Waals surface area contributed by atoms with Crippen molar-refractivity contribution in [3.8, 4) is 5.75 Å². The minimum Gasteiger partial charge on any atom is -0.508 e. The van der Waals surface area contributed by atoms with Gasteiger partial charge in [-0.3, -0.25) is 19.8 Å². The number of H-pyrrole nitrogens is 1. The van der Waals surface area contributed by atoms with Crippen molar-refractivity contribution >= 4 is 50.3 Å². The summed E-state index contributed by atoms with van der Waals surface area (Å²) in [6, 6.07) is 18.1. The molecule has 3 fully saturated rings. The third kappa shape index (κ3) is 9.91. The Bertz CT molecular complexity index is 2690. The first kappa shape index (κ1) is 44.4. The number of ether oxygens (including phenoxy) is 3. The Morgan fingerprint density at radius 3 is 2.58 bits per heavy atom. The Kier molecular flexibility index (Phi) is 12.7. The number of carbonyl (C=O) groups excluding carboxylic acids is 1. The lowest BCUT2D eigenvalue weighted by atomic mass is 9.72. The fourth-order valence-corrected chi connectivity index (χ4v) is 10.5. The largest absolute Gasteiger partial charge is 0.508 e. The molecule has 9 rings (SSSR count). The third-order valence-electron chi connectivity index (χ3n) is 13.0. The van der Waals surface area contributed by atoms with Crippen molar-refractivity contribution in [2.75, 3.05) is 87.4 Å². The number of benzene rings is 3. The van der Waals surface area contributed by atoms with Crippen molar-refractivity contribution in [2.24, 2.45) is 10.4 Å². The highest BCUT2D eigenvalue weighted by Gasteiger charge is 2.35. The van der Waals surface area contributed by atoms with Gasteiger partial charge in [0.05, 0.1) is 59.6 Å². The fraction of sp³-hybridized carbons (Fsp3) is 0.447. The van der Waals surface area contributed by atoms with Crippen LogP contribution in [0.15, 0.2) is 88.4 Å². The van der Waals surface area contributed by atoms with Crippen LogP contribution in [-0.2, 0) is 24.2 Å². The summed E-state index contributed by atoms with van der Waals surface area (Å²) in [4.78, 5) is 40.3. The molecule has 4 aromatic rings. The number of nitro benzene ring substituents is 1. The molecule has 344 valence electrons. The van der Waals surface area contributed by atoms with Crippen LogP contribution in [0.2, 0.25) is 0 Å². The lowest BCUT2D eigenvalue weighted by Crippen LogP contribution is -2.49. The number of piperazine rings is 1. The number of sulfonamides is 1. The molecule has 5 heterocycles. The van der Waals surface area contributed by atoms with E-state index < -0.39 is 43.7 Å². The summed E-state index contributed by atoms with van der Waals surface area (Å²) in [6.07, 6.45) is 6.73. The SMILES string of the molecule is CC1(C)CCC(CN2CCN(c3ccc(C(=O)NS(=O)(=O)c4ccc(NC[C@H]5COCCO5)c([N+](=O)[O-])c4)c(N4CCCOC5N=c6[nH]ccc6=CC54)c3)CC2)=C(c2ccc(O)cc2)C1. The monoisotopic (exact) mass is 908 g/mol. The molecule has 3 saturated heterocycles. The number of aromatic hydroxyl groups is 1. The number of nitro groups is 1. The Morgan fingerprint density at radius 2 is 1.82 bits per heavy atom. The van der Waals surface area contributed by atoms with Gasteiger partial charge in [-0.05, 0) is 96.8 Å². The number of nitrogens with zero attached hydrogens (tertiary/aromatic N) is 5. The van der Waals surface area contributed by atoms with Gasteiger partial charge in [0.25, 0.3) is 21.6 Å². The van der Waals surface area contributed by atoms with E-state index in [1.165, 1.54) is 23.3 Å². The molecular weight excluding hydrogens is 853 g/mol. The number of phenols is 1. The van der Waals surface area contributed by atoms with Crippen LogP contribution < -0.4 is 30.5 Å². The number of allylic oxidation sites excluding steroid dienone is 1. The van der Waals surface area contributed by atoms with Gasteiger partial charge in [0.2, 0.25) is 0 Å². The second kappa shape index (κ2) is 18.6. The molecule has 2 unspecified atom stereocenters. The van der Waals surface area contributed by atoms with Gasteiger partial charge in [0, 0.05) is 69.0 Å². The number of hydrogen-bond acceptors (Lipinski definition) is 14. The summed E-state index contributed by atoms with van der Waals surface area (Å²) < 4.78 is 47.3. The average molecular weight is 909 g/mol. The summed E-state index contributed by atoms with van der Waals surface area (Å²) in [7, 11) is -4.59. The Hall–Kier alpha value is -5.79. The molecule has 5 aliphatic rings. The van der Waals surface area contributed by atoms with Crippen molar-refractivity contribution in [3.63, 3.8) is 0 Å². The van der Waals surface area contributed by atoms with E-state index in [-0.39, 0.29) is 35.1 Å². The molecule has 18 heteroatoms. The predicted octanol–water partition coefficient (Wildman–Crippen LogP) is 4.40. The average Bonchev–Trinajstić information content (AvgIpc) is 3.66. The molecule has 1 aromatic heterocycles. The quantitative estimate of drug-likeness (QED) is 0.115. The molecule has 0 bridgehead atoms. The predicted molar refractivity (Wildman–Crippen MR) is 246 cm³/mol. The van der Waals surface area contributed by atoms with Crippen LogP contribution in [0.1, 0.15) is 55.5 Å². The van der Waals surface area contributed by atoms with E-state index in [1.807, 2.05) is 36.5 Å². The zero-order valence-electron chi connectivity index (χ0n) is 36.7. The van der Waals surface area contributed by atoms with Crippen molar-refractivity contribution in [2.45, 2.75) is 62.8 Å². The number of hydrogen-bond donors (Lipinski definition) is 4. The lowest BCUT2D eigenvalue weighted by Gasteiger charge is -2.40. The molecule has 0 radical (unpaired) electrons. The first-order valence-electron chi connectivity index (χ1n) is 22.3. The van der Waals surface area contributed by atoms with Crippen LogP contribution in [0.3, 0.4) is 0 Å². The fourth-order valence-electron chi connectivity index (χ4n) is 9.49. The number of aromatic amines is 1. The highest BCUT2D eigenvalue weighted by atomic mass is 32.2. The van der Waals surface area contributed by atoms with Gasteiger partial charge < -0.3 is 39.4 Å². The Morgan fingerprint density at radius 1 is 1.00 bits per heavy atom. The topological polar surface area (TPSA) is 204 Å². The zero-order valence-corrected chi connectivity index (χ0v) is 37.5. The molecule has 4 N–H and O–H groups in total. The number of nitrogens with one attached hydrogen (secondary N) is 3. The molecular formula is C47H56N8O9S. The number of amides is 1. The van der Waals surface area contributed by atoms with Crippen molar-refractivity contribution < 1.29 is 37.5 Å². The third-order valence-corrected chi connectivity index (χ3v) is 14.4. The summed E-state index contributed by atoms with van der Waals surface area (Å²) in [5.74, 6) is -0.615. The van der Waals surface area contributed by atoms with Crippen LogP contribution >= 0.6 is 0 Å².